The number of morpholine rings is 1. The molecule has 0 bridgehead atoms. The summed E-state index contributed by atoms with van der Waals surface area (Å²) in [7, 11) is 0. The van der Waals surface area contributed by atoms with E-state index in [0.29, 0.717) is 6.42 Å². The highest BCUT2D eigenvalue weighted by molar-refractivity contribution is 8.01. The van der Waals surface area contributed by atoms with Gasteiger partial charge in [-0.05, 0) is 32.2 Å². The summed E-state index contributed by atoms with van der Waals surface area (Å²) >= 11 is 1.82. The highest BCUT2D eigenvalue weighted by atomic mass is 32.2. The van der Waals surface area contributed by atoms with E-state index in [2.05, 4.69) is 11.8 Å². The molecule has 2 rings (SSSR count). The van der Waals surface area contributed by atoms with Crippen LogP contribution in [0.2, 0.25) is 0 Å². The van der Waals surface area contributed by atoms with Gasteiger partial charge in [0.05, 0.1) is 6.61 Å². The number of aliphatic hydroxyl groups is 1. The van der Waals surface area contributed by atoms with E-state index in [4.69, 9.17) is 9.47 Å². The summed E-state index contributed by atoms with van der Waals surface area (Å²) in [5.41, 5.74) is 0.235. The van der Waals surface area contributed by atoms with Crippen LogP contribution in [-0.2, 0) is 9.47 Å². The quantitative estimate of drug-likeness (QED) is 0.564. The van der Waals surface area contributed by atoms with E-state index in [1.165, 1.54) is 51.4 Å². The molecule has 2 unspecified atom stereocenters. The zero-order valence-electron chi connectivity index (χ0n) is 15.5. The molecule has 24 heavy (non-hydrogen) atoms. The first-order valence-electron chi connectivity index (χ1n) is 10.0. The molecule has 4 nitrogen and oxygen atoms in total. The molecular formula is C19H37NO3S. The Balaban J connectivity index is 1.75. The highest BCUT2D eigenvalue weighted by Crippen LogP contribution is 2.40. The first kappa shape index (κ1) is 20.5. The van der Waals surface area contributed by atoms with Crippen molar-refractivity contribution in [1.82, 2.24) is 4.90 Å². The lowest BCUT2D eigenvalue weighted by atomic mass is 10.1. The molecule has 0 aliphatic carbocycles. The standard InChI is InChI=1S/C19H37NO3S/c1-2-3-4-5-6-8-12-20-13-16-23-19(17-20,11-14-21)24-18-10-7-9-15-22-18/h18,21H,2-17H2,1H3. The fourth-order valence-electron chi connectivity index (χ4n) is 3.63. The minimum absolute atomic E-state index is 0.185. The van der Waals surface area contributed by atoms with Crippen molar-refractivity contribution in [2.45, 2.75) is 81.5 Å². The predicted octanol–water partition coefficient (Wildman–Crippen LogP) is 4.02. The summed E-state index contributed by atoms with van der Waals surface area (Å²) in [4.78, 5) is 2.26. The van der Waals surface area contributed by atoms with Gasteiger partial charge in [0, 0.05) is 32.7 Å². The second-order valence-electron chi connectivity index (χ2n) is 7.19. The zero-order valence-corrected chi connectivity index (χ0v) is 16.3. The van der Waals surface area contributed by atoms with Gasteiger partial charge < -0.3 is 14.6 Å². The van der Waals surface area contributed by atoms with Gasteiger partial charge in [0.15, 0.2) is 0 Å². The Kier molecular flexibility index (Phi) is 10.0. The summed E-state index contributed by atoms with van der Waals surface area (Å²) in [5, 5.41) is 9.54. The maximum atomic E-state index is 9.54. The third kappa shape index (κ3) is 7.20. The Morgan fingerprint density at radius 3 is 2.71 bits per heavy atom. The van der Waals surface area contributed by atoms with Crippen LogP contribution in [0.5, 0.6) is 0 Å². The van der Waals surface area contributed by atoms with Crippen molar-refractivity contribution in [3.05, 3.63) is 0 Å². The zero-order chi connectivity index (χ0) is 17.1. The lowest BCUT2D eigenvalue weighted by Gasteiger charge is -2.44. The number of thioether (sulfide) groups is 1. The van der Waals surface area contributed by atoms with Crippen molar-refractivity contribution in [3.63, 3.8) is 0 Å². The van der Waals surface area contributed by atoms with E-state index >= 15 is 0 Å². The fraction of sp³-hybridized carbons (Fsp3) is 1.00. The van der Waals surface area contributed by atoms with Gasteiger partial charge in [-0.3, -0.25) is 4.90 Å². The lowest BCUT2D eigenvalue weighted by molar-refractivity contribution is -0.0639. The molecule has 2 aliphatic heterocycles. The first-order chi connectivity index (χ1) is 11.8. The van der Waals surface area contributed by atoms with Crippen molar-refractivity contribution in [2.75, 3.05) is 39.5 Å². The number of nitrogens with zero attached hydrogens (tertiary/aromatic N) is 1. The molecule has 2 atom stereocenters. The minimum Gasteiger partial charge on any atom is -0.396 e. The van der Waals surface area contributed by atoms with Gasteiger partial charge in [0.1, 0.15) is 10.4 Å². The number of ether oxygens (including phenoxy) is 2. The molecular weight excluding hydrogens is 322 g/mol. The molecule has 5 heteroatoms. The van der Waals surface area contributed by atoms with Crippen LogP contribution in [0.3, 0.4) is 0 Å². The average molecular weight is 360 g/mol. The SMILES string of the molecule is CCCCCCCCN1CCOC(CCO)(SC2CCCCO2)C1. The highest BCUT2D eigenvalue weighted by Gasteiger charge is 2.39. The third-order valence-corrected chi connectivity index (χ3v) is 6.56. The van der Waals surface area contributed by atoms with Crippen LogP contribution in [-0.4, -0.2) is 59.8 Å². The van der Waals surface area contributed by atoms with Gasteiger partial charge in [-0.1, -0.05) is 50.8 Å². The first-order valence-corrected chi connectivity index (χ1v) is 10.9. The van der Waals surface area contributed by atoms with E-state index in [-0.39, 0.29) is 17.0 Å². The number of hydrogen-bond donors (Lipinski definition) is 1. The molecule has 2 fully saturated rings. The van der Waals surface area contributed by atoms with E-state index in [9.17, 15) is 5.11 Å². The summed E-state index contributed by atoms with van der Waals surface area (Å²) in [6.07, 6.45) is 12.3. The number of hydrogen-bond acceptors (Lipinski definition) is 5. The normalized spacial score (nSPS) is 29.0. The predicted molar refractivity (Wildman–Crippen MR) is 101 cm³/mol. The number of unbranched alkanes of at least 4 members (excludes halogenated alkanes) is 5. The maximum Gasteiger partial charge on any atom is 0.130 e. The second kappa shape index (κ2) is 11.7. The van der Waals surface area contributed by atoms with E-state index in [1.807, 2.05) is 11.8 Å². The molecule has 0 aromatic carbocycles. The van der Waals surface area contributed by atoms with Crippen LogP contribution in [0.4, 0.5) is 0 Å². The van der Waals surface area contributed by atoms with Crippen molar-refractivity contribution >= 4 is 11.8 Å². The van der Waals surface area contributed by atoms with Gasteiger partial charge in [-0.2, -0.15) is 0 Å². The molecule has 0 amide bonds. The molecule has 2 heterocycles. The van der Waals surface area contributed by atoms with E-state index in [1.54, 1.807) is 0 Å². The van der Waals surface area contributed by atoms with Crippen molar-refractivity contribution in [1.29, 1.82) is 0 Å². The number of aliphatic hydroxyl groups excluding tert-OH is 1. The lowest BCUT2D eigenvalue weighted by Crippen LogP contribution is -2.51. The summed E-state index contributed by atoms with van der Waals surface area (Å²) < 4.78 is 12.1. The van der Waals surface area contributed by atoms with Gasteiger partial charge in [-0.15, -0.1) is 0 Å². The van der Waals surface area contributed by atoms with E-state index < -0.39 is 0 Å². The van der Waals surface area contributed by atoms with Crippen LogP contribution in [0.25, 0.3) is 0 Å². The molecule has 1 N–H and O–H groups in total. The summed E-state index contributed by atoms with van der Waals surface area (Å²) in [6, 6.07) is 0. The van der Waals surface area contributed by atoms with Gasteiger partial charge in [0.25, 0.3) is 0 Å². The Morgan fingerprint density at radius 2 is 1.96 bits per heavy atom. The Labute approximate surface area is 152 Å². The molecule has 0 saturated carbocycles. The Bertz CT molecular complexity index is 322. The van der Waals surface area contributed by atoms with Crippen molar-refractivity contribution in [2.24, 2.45) is 0 Å². The fourth-order valence-corrected chi connectivity index (χ4v) is 5.17. The van der Waals surface area contributed by atoms with Crippen molar-refractivity contribution in [3.8, 4) is 0 Å². The Morgan fingerprint density at radius 1 is 1.12 bits per heavy atom. The molecule has 2 saturated heterocycles. The van der Waals surface area contributed by atoms with Gasteiger partial charge in [-0.25, -0.2) is 0 Å². The van der Waals surface area contributed by atoms with Crippen molar-refractivity contribution < 1.29 is 14.6 Å². The summed E-state index contributed by atoms with van der Waals surface area (Å²) in [6.45, 7) is 7.20. The third-order valence-electron chi connectivity index (χ3n) is 5.04. The topological polar surface area (TPSA) is 41.9 Å². The van der Waals surface area contributed by atoms with Crippen LogP contribution in [0.15, 0.2) is 0 Å². The molecule has 142 valence electrons. The largest absolute Gasteiger partial charge is 0.396 e. The van der Waals surface area contributed by atoms with E-state index in [0.717, 1.165) is 39.3 Å². The monoisotopic (exact) mass is 359 g/mol. The molecule has 0 radical (unpaired) electrons. The smallest absolute Gasteiger partial charge is 0.130 e. The van der Waals surface area contributed by atoms with Crippen LogP contribution in [0.1, 0.15) is 71.1 Å². The van der Waals surface area contributed by atoms with Crippen LogP contribution >= 0.6 is 11.8 Å². The minimum atomic E-state index is -0.281. The second-order valence-corrected chi connectivity index (χ2v) is 8.70. The molecule has 0 spiro atoms. The van der Waals surface area contributed by atoms with Crippen LogP contribution in [0, 0.1) is 0 Å². The average Bonchev–Trinajstić information content (AvgIpc) is 2.59. The van der Waals surface area contributed by atoms with Gasteiger partial charge in [0.2, 0.25) is 0 Å². The molecule has 2 aliphatic rings. The molecule has 0 aromatic heterocycles. The maximum absolute atomic E-state index is 9.54. The molecule has 0 aromatic rings. The number of rotatable bonds is 11. The summed E-state index contributed by atoms with van der Waals surface area (Å²) in [5.74, 6) is 0. The van der Waals surface area contributed by atoms with Gasteiger partial charge >= 0.3 is 0 Å². The van der Waals surface area contributed by atoms with Crippen LogP contribution < -0.4 is 0 Å². The Hall–Kier alpha value is 0.190.